The minimum absolute atomic E-state index is 0.119. The van der Waals surface area contributed by atoms with Crippen LogP contribution in [0.4, 0.5) is 8.78 Å². The topological polar surface area (TPSA) is 54.9 Å². The molecule has 0 bridgehead atoms. The number of hydrogen-bond donors (Lipinski definition) is 2. The van der Waals surface area contributed by atoms with Crippen molar-refractivity contribution in [2.24, 2.45) is 4.99 Å². The summed E-state index contributed by atoms with van der Waals surface area (Å²) in [5.41, 5.74) is 0.230. The Hall–Kier alpha value is -2.83. The van der Waals surface area contributed by atoms with Crippen LogP contribution in [0.25, 0.3) is 0 Å². The first-order valence-electron chi connectivity index (χ1n) is 8.21. The van der Waals surface area contributed by atoms with Crippen LogP contribution in [-0.2, 0) is 6.54 Å². The Morgan fingerprint density at radius 1 is 1.12 bits per heavy atom. The molecule has 0 saturated carbocycles. The Kier molecular flexibility index (Phi) is 7.20. The first kappa shape index (κ1) is 19.5. The Morgan fingerprint density at radius 3 is 2.62 bits per heavy atom. The van der Waals surface area contributed by atoms with Gasteiger partial charge < -0.3 is 20.1 Å². The van der Waals surface area contributed by atoms with E-state index in [4.69, 9.17) is 9.47 Å². The van der Waals surface area contributed by atoms with E-state index >= 15 is 0 Å². The Bertz CT molecular complexity index is 753. The van der Waals surface area contributed by atoms with Gasteiger partial charge in [-0.15, -0.1) is 0 Å². The van der Waals surface area contributed by atoms with Crippen molar-refractivity contribution < 1.29 is 18.3 Å². The second-order valence-electron chi connectivity index (χ2n) is 5.65. The smallest absolute Gasteiger partial charge is 0.191 e. The largest absolute Gasteiger partial charge is 0.497 e. The Labute approximate surface area is 152 Å². The predicted molar refractivity (Wildman–Crippen MR) is 97.6 cm³/mol. The summed E-state index contributed by atoms with van der Waals surface area (Å²) in [5, 5.41) is 6.04. The fourth-order valence-electron chi connectivity index (χ4n) is 2.27. The molecule has 2 rings (SSSR count). The summed E-state index contributed by atoms with van der Waals surface area (Å²) in [7, 11) is 3.20. The summed E-state index contributed by atoms with van der Waals surface area (Å²) >= 11 is 0. The van der Waals surface area contributed by atoms with Gasteiger partial charge in [0.1, 0.15) is 29.2 Å². The van der Waals surface area contributed by atoms with Crippen LogP contribution in [0.5, 0.6) is 11.5 Å². The minimum atomic E-state index is -0.480. The summed E-state index contributed by atoms with van der Waals surface area (Å²) in [6.45, 7) is 2.50. The molecule has 0 amide bonds. The number of methoxy groups -OCH3 is 1. The maximum atomic E-state index is 13.6. The number of benzene rings is 2. The highest BCUT2D eigenvalue weighted by Gasteiger charge is 2.08. The lowest BCUT2D eigenvalue weighted by Gasteiger charge is -2.18. The van der Waals surface area contributed by atoms with Crippen molar-refractivity contribution in [3.63, 3.8) is 0 Å². The first-order valence-corrected chi connectivity index (χ1v) is 8.21. The van der Waals surface area contributed by atoms with Crippen molar-refractivity contribution in [2.45, 2.75) is 19.6 Å². The zero-order valence-corrected chi connectivity index (χ0v) is 15.1. The second kappa shape index (κ2) is 9.60. The molecule has 0 aliphatic carbocycles. The number of nitrogens with one attached hydrogen (secondary N) is 2. The molecule has 0 saturated heterocycles. The second-order valence-corrected chi connectivity index (χ2v) is 5.65. The van der Waals surface area contributed by atoms with E-state index in [1.54, 1.807) is 20.2 Å². The van der Waals surface area contributed by atoms with E-state index in [9.17, 15) is 8.78 Å². The lowest BCUT2D eigenvalue weighted by molar-refractivity contribution is 0.223. The third kappa shape index (κ3) is 5.91. The summed E-state index contributed by atoms with van der Waals surface area (Å²) < 4.78 is 37.8. The van der Waals surface area contributed by atoms with E-state index in [1.807, 2.05) is 25.1 Å². The van der Waals surface area contributed by atoms with Gasteiger partial charge in [0.25, 0.3) is 0 Å². The molecule has 5 nitrogen and oxygen atoms in total. The van der Waals surface area contributed by atoms with Crippen molar-refractivity contribution >= 4 is 5.96 Å². The SMILES string of the molecule is CN=C(NCc1cc(F)ccc1F)NCC(C)Oc1cccc(OC)c1. The zero-order valence-electron chi connectivity index (χ0n) is 15.1. The molecule has 0 aromatic heterocycles. The van der Waals surface area contributed by atoms with Crippen LogP contribution in [0, 0.1) is 11.6 Å². The third-order valence-corrected chi connectivity index (χ3v) is 3.61. The normalized spacial score (nSPS) is 12.4. The standard InChI is InChI=1S/C19H23F2N3O2/c1-13(26-17-6-4-5-16(10-17)25-3)11-23-19(22-2)24-12-14-9-15(20)7-8-18(14)21/h4-10,13H,11-12H2,1-3H3,(H2,22,23,24). The van der Waals surface area contributed by atoms with Crippen LogP contribution in [0.1, 0.15) is 12.5 Å². The van der Waals surface area contributed by atoms with Gasteiger partial charge in [-0.1, -0.05) is 6.07 Å². The molecule has 0 radical (unpaired) electrons. The molecule has 0 spiro atoms. The van der Waals surface area contributed by atoms with E-state index in [0.29, 0.717) is 18.3 Å². The van der Waals surface area contributed by atoms with E-state index < -0.39 is 11.6 Å². The quantitative estimate of drug-likeness (QED) is 0.586. The molecule has 0 fully saturated rings. The van der Waals surface area contributed by atoms with Crippen molar-refractivity contribution in [3.8, 4) is 11.5 Å². The van der Waals surface area contributed by atoms with E-state index in [1.165, 1.54) is 0 Å². The fourth-order valence-corrected chi connectivity index (χ4v) is 2.27. The molecule has 2 aromatic rings. The number of hydrogen-bond acceptors (Lipinski definition) is 3. The van der Waals surface area contributed by atoms with E-state index in [0.717, 1.165) is 23.9 Å². The molecule has 7 heteroatoms. The van der Waals surface area contributed by atoms with Crippen LogP contribution < -0.4 is 20.1 Å². The number of halogens is 2. The number of rotatable bonds is 7. The van der Waals surface area contributed by atoms with Gasteiger partial charge in [0.05, 0.1) is 13.7 Å². The molecule has 2 N–H and O–H groups in total. The molecular weight excluding hydrogens is 340 g/mol. The van der Waals surface area contributed by atoms with Gasteiger partial charge in [-0.2, -0.15) is 0 Å². The van der Waals surface area contributed by atoms with Crippen LogP contribution >= 0.6 is 0 Å². The van der Waals surface area contributed by atoms with Gasteiger partial charge in [0.15, 0.2) is 5.96 Å². The third-order valence-electron chi connectivity index (χ3n) is 3.61. The van der Waals surface area contributed by atoms with Crippen molar-refractivity contribution in [1.29, 1.82) is 0 Å². The number of guanidine groups is 1. The predicted octanol–water partition coefficient (Wildman–Crippen LogP) is 3.11. The van der Waals surface area contributed by atoms with Crippen LogP contribution in [0.3, 0.4) is 0 Å². The highest BCUT2D eigenvalue weighted by molar-refractivity contribution is 5.79. The van der Waals surface area contributed by atoms with Gasteiger partial charge in [0, 0.05) is 25.2 Å². The Morgan fingerprint density at radius 2 is 1.88 bits per heavy atom. The van der Waals surface area contributed by atoms with Crippen molar-refractivity contribution in [1.82, 2.24) is 10.6 Å². The summed E-state index contributed by atoms with van der Waals surface area (Å²) in [4.78, 5) is 4.06. The lowest BCUT2D eigenvalue weighted by atomic mass is 10.2. The van der Waals surface area contributed by atoms with Gasteiger partial charge in [0.2, 0.25) is 0 Å². The van der Waals surface area contributed by atoms with E-state index in [-0.39, 0.29) is 18.2 Å². The summed E-state index contributed by atoms with van der Waals surface area (Å²) in [6.07, 6.45) is -0.147. The summed E-state index contributed by atoms with van der Waals surface area (Å²) in [6, 6.07) is 10.7. The number of ether oxygens (including phenoxy) is 2. The highest BCUT2D eigenvalue weighted by atomic mass is 19.1. The lowest BCUT2D eigenvalue weighted by Crippen LogP contribution is -2.41. The molecule has 26 heavy (non-hydrogen) atoms. The molecule has 140 valence electrons. The van der Waals surface area contributed by atoms with Crippen LogP contribution in [0.2, 0.25) is 0 Å². The molecule has 0 aliphatic rings. The molecule has 0 heterocycles. The molecule has 0 aliphatic heterocycles. The van der Waals surface area contributed by atoms with Gasteiger partial charge in [-0.3, -0.25) is 4.99 Å². The monoisotopic (exact) mass is 363 g/mol. The number of aliphatic imine (C=N–C) groups is 1. The van der Waals surface area contributed by atoms with Crippen LogP contribution in [0.15, 0.2) is 47.5 Å². The van der Waals surface area contributed by atoms with Gasteiger partial charge in [-0.25, -0.2) is 8.78 Å². The van der Waals surface area contributed by atoms with Gasteiger partial charge in [-0.05, 0) is 37.3 Å². The molecule has 1 unspecified atom stereocenters. The molecule has 1 atom stereocenters. The number of nitrogens with zero attached hydrogens (tertiary/aromatic N) is 1. The van der Waals surface area contributed by atoms with Crippen molar-refractivity contribution in [3.05, 3.63) is 59.7 Å². The first-order chi connectivity index (χ1) is 12.5. The van der Waals surface area contributed by atoms with E-state index in [2.05, 4.69) is 15.6 Å². The molecule has 2 aromatic carbocycles. The average Bonchev–Trinajstić information content (AvgIpc) is 2.64. The fraction of sp³-hybridized carbons (Fsp3) is 0.316. The maximum Gasteiger partial charge on any atom is 0.191 e. The maximum absolute atomic E-state index is 13.6. The average molecular weight is 363 g/mol. The highest BCUT2D eigenvalue weighted by Crippen LogP contribution is 2.19. The summed E-state index contributed by atoms with van der Waals surface area (Å²) in [5.74, 6) is 0.936. The molecular formula is C19H23F2N3O2. The zero-order chi connectivity index (χ0) is 18.9. The Balaban J connectivity index is 1.83. The minimum Gasteiger partial charge on any atom is -0.497 e. The van der Waals surface area contributed by atoms with Gasteiger partial charge >= 0.3 is 0 Å². The van der Waals surface area contributed by atoms with Crippen molar-refractivity contribution in [2.75, 3.05) is 20.7 Å². The van der Waals surface area contributed by atoms with Crippen LogP contribution in [-0.4, -0.2) is 32.8 Å².